The zero-order chi connectivity index (χ0) is 66.1. The van der Waals surface area contributed by atoms with Crippen molar-refractivity contribution in [2.45, 2.75) is 159 Å². The molecule has 0 saturated heterocycles. The molecule has 4 fully saturated rings. The molecule has 0 bridgehead atoms. The molecule has 0 radical (unpaired) electrons. The van der Waals surface area contributed by atoms with Gasteiger partial charge < -0.3 is 59.6 Å². The summed E-state index contributed by atoms with van der Waals surface area (Å²) in [5, 5.41) is 10.9. The van der Waals surface area contributed by atoms with Crippen molar-refractivity contribution in [2.75, 3.05) is 38.1 Å². The van der Waals surface area contributed by atoms with E-state index in [4.69, 9.17) is 43.6 Å². The number of rotatable bonds is 24. The Labute approximate surface area is 555 Å². The van der Waals surface area contributed by atoms with Gasteiger partial charge in [-0.25, -0.2) is 0 Å². The summed E-state index contributed by atoms with van der Waals surface area (Å²) < 4.78 is 47.2. The summed E-state index contributed by atoms with van der Waals surface area (Å²) >= 11 is 0. The maximum absolute atomic E-state index is 13.2. The molecule has 12 rings (SSSR count). The Morgan fingerprint density at radius 2 is 0.916 bits per heavy atom. The molecule has 0 spiro atoms. The number of carbonyl (C=O) groups is 5. The Morgan fingerprint density at radius 3 is 1.36 bits per heavy atom. The van der Waals surface area contributed by atoms with E-state index in [2.05, 4.69) is 25.9 Å². The Bertz CT molecular complexity index is 3790. The van der Waals surface area contributed by atoms with Gasteiger partial charge >= 0.3 is 11.9 Å². The number of nitrogens with two attached hydrogens (primary N) is 1. The summed E-state index contributed by atoms with van der Waals surface area (Å²) in [6, 6.07) is 42.4. The molecule has 95 heavy (non-hydrogen) atoms. The smallest absolute Gasteiger partial charge is 0.323 e. The second-order valence-electron chi connectivity index (χ2n) is 24.3. The highest BCUT2D eigenvalue weighted by atomic mass is 16.6. The molecule has 2 atom stereocenters. The van der Waals surface area contributed by atoms with Crippen LogP contribution in [0.25, 0.3) is 21.8 Å². The van der Waals surface area contributed by atoms with E-state index in [0.717, 1.165) is 101 Å². The van der Waals surface area contributed by atoms with E-state index in [0.29, 0.717) is 111 Å². The van der Waals surface area contributed by atoms with Gasteiger partial charge in [0.2, 0.25) is 0 Å². The van der Waals surface area contributed by atoms with Crippen molar-refractivity contribution in [3.63, 3.8) is 0 Å². The van der Waals surface area contributed by atoms with Gasteiger partial charge in [-0.15, -0.1) is 0 Å². The Hall–Kier alpha value is -9.59. The summed E-state index contributed by atoms with van der Waals surface area (Å²) in [7, 11) is 3.15. The average Bonchev–Trinajstić information content (AvgIpc) is 1.20. The van der Waals surface area contributed by atoms with Crippen LogP contribution in [0.15, 0.2) is 158 Å². The molecule has 4 aliphatic carbocycles. The van der Waals surface area contributed by atoms with E-state index in [-0.39, 0.29) is 42.6 Å². The number of anilines is 2. The molecular weight excluding hydrogens is 1200 g/mol. The molecule has 19 nitrogen and oxygen atoms in total. The lowest BCUT2D eigenvalue weighted by atomic mass is 9.94. The Kier molecular flexibility index (Phi) is 25.2. The van der Waals surface area contributed by atoms with E-state index in [1.54, 1.807) is 124 Å². The van der Waals surface area contributed by atoms with Gasteiger partial charge in [-0.3, -0.25) is 33.9 Å². The minimum absolute atomic E-state index is 0.0176. The van der Waals surface area contributed by atoms with Gasteiger partial charge in [-0.2, -0.15) is 0 Å². The molecule has 0 aliphatic heterocycles. The number of nitrogens with one attached hydrogen (secondary N) is 3. The van der Waals surface area contributed by atoms with Crippen LogP contribution in [0.3, 0.4) is 0 Å². The first-order valence-electron chi connectivity index (χ1n) is 33.4. The molecule has 19 heteroatoms. The average molecular weight is 1290 g/mol. The van der Waals surface area contributed by atoms with E-state index in [9.17, 15) is 24.0 Å². The first-order chi connectivity index (χ1) is 46.4. The molecule has 498 valence electrons. The van der Waals surface area contributed by atoms with Gasteiger partial charge in [0.15, 0.2) is 23.0 Å². The van der Waals surface area contributed by atoms with Crippen LogP contribution in [-0.2, 0) is 23.9 Å². The third-order valence-electron chi connectivity index (χ3n) is 17.3. The fourth-order valence-electron chi connectivity index (χ4n) is 12.0. The standard InChI is InChI=1S/C38H43N3O6.C32H33N3O6.C6H10O/c1-44-35-24-31-33(39-22-20-34(31)46-30-18-16-28(17-19-30)41-37(42)26-10-4-2-5-11-26)25-36(35)45-23-21-32(40-27-12-6-3-7-13-27)38(43)47-29-14-8-9-15-29;1-38-29-19-25-27(20-30(29)39-18-16-26(33)32(37)41-23-9-5-6-10-23)34-17-15-28(25)40-24-13-11-22(12-14-24)35-31(36)21-7-3-2-4-8-21;7-6-4-2-1-3-5-6/h2,4-5,10-11,16-20,22,24-25,27,29,32,40H,3,6-9,12-15,21,23H2,1H3,(H,41,42);2-4,7-8,11-15,17,19-20,23,26H,5-6,9-10,16,18,33H2,1H3,(H,35,36);1-5H2/t32-;26-;/m00./s1. The van der Waals surface area contributed by atoms with E-state index in [1.165, 1.54) is 25.7 Å². The second-order valence-corrected chi connectivity index (χ2v) is 24.3. The number of fused-ring (bicyclic) bond motifs is 2. The molecule has 8 aromatic rings. The van der Waals surface area contributed by atoms with Crippen LogP contribution in [0, 0.1) is 0 Å². The van der Waals surface area contributed by atoms with Crippen molar-refractivity contribution in [3.05, 3.63) is 169 Å². The fourth-order valence-corrected chi connectivity index (χ4v) is 12.0. The van der Waals surface area contributed by atoms with Crippen LogP contribution < -0.4 is 50.1 Å². The van der Waals surface area contributed by atoms with Gasteiger partial charge in [-0.1, -0.05) is 62.1 Å². The van der Waals surface area contributed by atoms with Crippen LogP contribution in [0.4, 0.5) is 11.4 Å². The minimum Gasteiger partial charge on any atom is -0.493 e. The van der Waals surface area contributed by atoms with Gasteiger partial charge in [0, 0.05) is 89.5 Å². The molecule has 4 aliphatic rings. The molecule has 5 N–H and O–H groups in total. The Morgan fingerprint density at radius 1 is 0.484 bits per heavy atom. The topological polar surface area (TPSA) is 247 Å². The lowest BCUT2D eigenvalue weighted by molar-refractivity contribution is -0.152. The number of carbonyl (C=O) groups excluding carboxylic acids is 5. The lowest BCUT2D eigenvalue weighted by Gasteiger charge is -2.28. The summed E-state index contributed by atoms with van der Waals surface area (Å²) in [5.74, 6) is 3.99. The summed E-state index contributed by atoms with van der Waals surface area (Å²) in [6.45, 7) is 0.529. The second kappa shape index (κ2) is 35.1. The third kappa shape index (κ3) is 20.2. The zero-order valence-corrected chi connectivity index (χ0v) is 54.2. The van der Waals surface area contributed by atoms with Crippen molar-refractivity contribution < 1.29 is 61.9 Å². The maximum atomic E-state index is 13.2. The van der Waals surface area contributed by atoms with Crippen molar-refractivity contribution in [1.82, 2.24) is 15.3 Å². The first-order valence-corrected chi connectivity index (χ1v) is 33.4. The number of pyridine rings is 2. The molecule has 2 aromatic heterocycles. The summed E-state index contributed by atoms with van der Waals surface area (Å²) in [4.78, 5) is 69.9. The monoisotopic (exact) mass is 1290 g/mol. The van der Waals surface area contributed by atoms with Gasteiger partial charge in [0.05, 0.1) is 38.5 Å². The number of methoxy groups -OCH3 is 2. The number of esters is 2. The number of nitrogens with zero attached hydrogens (tertiary/aromatic N) is 2. The summed E-state index contributed by atoms with van der Waals surface area (Å²) in [5.41, 5.74) is 9.86. The van der Waals surface area contributed by atoms with Crippen molar-refractivity contribution in [3.8, 4) is 46.0 Å². The Balaban J connectivity index is 0.000000189. The van der Waals surface area contributed by atoms with Crippen LogP contribution >= 0.6 is 0 Å². The minimum atomic E-state index is -0.752. The molecular formula is C76H86N6O13. The third-order valence-corrected chi connectivity index (χ3v) is 17.3. The number of hydrogen-bond acceptors (Lipinski definition) is 17. The molecule has 2 amide bonds. The van der Waals surface area contributed by atoms with Crippen molar-refractivity contribution in [2.24, 2.45) is 5.73 Å². The van der Waals surface area contributed by atoms with Crippen LogP contribution in [0.1, 0.15) is 149 Å². The predicted octanol–water partition coefficient (Wildman–Crippen LogP) is 15.2. The molecule has 6 aromatic carbocycles. The molecule has 2 heterocycles. The summed E-state index contributed by atoms with van der Waals surface area (Å²) in [6.07, 6.45) is 23.3. The number of aromatic nitrogens is 2. The lowest BCUT2D eigenvalue weighted by Crippen LogP contribution is -2.46. The highest BCUT2D eigenvalue weighted by molar-refractivity contribution is 6.05. The van der Waals surface area contributed by atoms with Gasteiger partial charge in [-0.05, 0) is 174 Å². The largest absolute Gasteiger partial charge is 0.493 e. The predicted molar refractivity (Wildman–Crippen MR) is 365 cm³/mol. The number of ketones is 1. The van der Waals surface area contributed by atoms with Gasteiger partial charge in [0.1, 0.15) is 53.1 Å². The van der Waals surface area contributed by atoms with Gasteiger partial charge in [0.25, 0.3) is 11.8 Å². The normalized spacial score (nSPS) is 15.6. The van der Waals surface area contributed by atoms with Crippen LogP contribution in [0.2, 0.25) is 0 Å². The first kappa shape index (κ1) is 68.3. The number of Topliss-reactive ketones (excluding diaryl/α,β-unsaturated/α-hetero) is 1. The molecule has 0 unspecified atom stereocenters. The van der Waals surface area contributed by atoms with Crippen molar-refractivity contribution in [1.29, 1.82) is 0 Å². The zero-order valence-electron chi connectivity index (χ0n) is 54.2. The molecule has 4 saturated carbocycles. The fraction of sp³-hybridized carbons (Fsp3) is 0.382. The van der Waals surface area contributed by atoms with E-state index in [1.807, 2.05) is 48.5 Å². The SMILES string of the molecule is COc1cc2c(Oc3ccc(NC(=O)c4ccccc4)cc3)ccnc2cc1OCC[C@H](N)C(=O)OC1CCCC1.COc1cc2c(Oc3ccc(NC(=O)c4ccccc4)cc3)ccnc2cc1OCC[C@H](NC1CCCCC1)C(=O)OC1CCCC1.O=C1CCCCC1. The quantitative estimate of drug-likeness (QED) is 0.0411. The number of benzene rings is 6. The highest BCUT2D eigenvalue weighted by Crippen LogP contribution is 2.40. The maximum Gasteiger partial charge on any atom is 0.323 e. The van der Waals surface area contributed by atoms with Crippen LogP contribution in [-0.4, -0.2) is 97.3 Å². The number of hydrogen-bond donors (Lipinski definition) is 4. The highest BCUT2D eigenvalue weighted by Gasteiger charge is 2.29. The van der Waals surface area contributed by atoms with E-state index >= 15 is 0 Å². The number of amides is 2. The van der Waals surface area contributed by atoms with Crippen molar-refractivity contribution >= 4 is 62.7 Å². The van der Waals surface area contributed by atoms with Crippen LogP contribution in [0.5, 0.6) is 46.0 Å². The van der Waals surface area contributed by atoms with E-state index < -0.39 is 12.1 Å². The number of ether oxygens (including phenoxy) is 8.